The number of carbonyl (C=O) groups excluding carboxylic acids is 1. The number of hydrogen-bond acceptors (Lipinski definition) is 4. The van der Waals surface area contributed by atoms with Gasteiger partial charge in [0.05, 0.1) is 4.90 Å². The lowest BCUT2D eigenvalue weighted by Gasteiger charge is -2.19. The molecule has 146 valence electrons. The highest BCUT2D eigenvalue weighted by atomic mass is 32.2. The van der Waals surface area contributed by atoms with Crippen molar-refractivity contribution in [2.24, 2.45) is 0 Å². The second-order valence-electron chi connectivity index (χ2n) is 6.22. The molecule has 27 heavy (non-hydrogen) atoms. The molecule has 0 heterocycles. The van der Waals surface area contributed by atoms with E-state index in [1.165, 1.54) is 30.0 Å². The van der Waals surface area contributed by atoms with Crippen molar-refractivity contribution in [2.75, 3.05) is 17.3 Å². The number of aryl methyl sites for hydroxylation is 2. The van der Waals surface area contributed by atoms with Crippen LogP contribution in [0.25, 0.3) is 0 Å². The van der Waals surface area contributed by atoms with Crippen LogP contribution in [0.5, 0.6) is 0 Å². The summed E-state index contributed by atoms with van der Waals surface area (Å²) in [6.07, 6.45) is 2.19. The minimum atomic E-state index is -3.88. The average Bonchev–Trinajstić information content (AvgIpc) is 2.60. The van der Waals surface area contributed by atoms with Gasteiger partial charge < -0.3 is 5.32 Å². The Hall–Kier alpha value is -1.90. The number of anilines is 1. The monoisotopic (exact) mass is 410 g/mol. The third-order valence-corrected chi connectivity index (χ3v) is 6.21. The van der Waals surface area contributed by atoms with Crippen LogP contribution >= 0.6 is 11.8 Å². The predicted octanol–water partition coefficient (Wildman–Crippen LogP) is 3.48. The van der Waals surface area contributed by atoms with E-state index < -0.39 is 27.8 Å². The molecule has 8 heteroatoms. The molecule has 0 bridgehead atoms. The lowest BCUT2D eigenvalue weighted by molar-refractivity contribution is -0.117. The van der Waals surface area contributed by atoms with Crippen LogP contribution in [0, 0.1) is 19.7 Å². The van der Waals surface area contributed by atoms with E-state index in [2.05, 4.69) is 10.0 Å². The van der Waals surface area contributed by atoms with E-state index in [9.17, 15) is 17.6 Å². The molecule has 0 aliphatic rings. The summed E-state index contributed by atoms with van der Waals surface area (Å²) in [4.78, 5) is 12.8. The number of carbonyl (C=O) groups is 1. The Labute approximate surface area is 163 Å². The molecule has 0 saturated heterocycles. The Kier molecular flexibility index (Phi) is 7.41. The molecule has 0 unspecified atom stereocenters. The first-order valence-corrected chi connectivity index (χ1v) is 11.3. The maximum atomic E-state index is 13.3. The molecule has 0 fully saturated rings. The number of halogens is 1. The fourth-order valence-electron chi connectivity index (χ4n) is 2.52. The molecule has 0 radical (unpaired) electrons. The van der Waals surface area contributed by atoms with Gasteiger partial charge in [0.1, 0.15) is 11.9 Å². The summed E-state index contributed by atoms with van der Waals surface area (Å²) >= 11 is 1.51. The average molecular weight is 411 g/mol. The first-order chi connectivity index (χ1) is 12.7. The Morgan fingerprint density at radius 3 is 2.59 bits per heavy atom. The van der Waals surface area contributed by atoms with Crippen molar-refractivity contribution in [1.29, 1.82) is 0 Å². The van der Waals surface area contributed by atoms with Crippen molar-refractivity contribution in [1.82, 2.24) is 4.72 Å². The lowest BCUT2D eigenvalue weighted by atomic mass is 10.2. The molecule has 5 nitrogen and oxygen atoms in total. The van der Waals surface area contributed by atoms with E-state index in [0.29, 0.717) is 17.7 Å². The number of amides is 1. The number of hydrogen-bond donors (Lipinski definition) is 2. The van der Waals surface area contributed by atoms with Gasteiger partial charge in [-0.2, -0.15) is 16.5 Å². The highest BCUT2D eigenvalue weighted by molar-refractivity contribution is 7.98. The van der Waals surface area contributed by atoms with Gasteiger partial charge in [-0.1, -0.05) is 18.2 Å². The predicted molar refractivity (Wildman–Crippen MR) is 108 cm³/mol. The van der Waals surface area contributed by atoms with E-state index in [-0.39, 0.29) is 10.6 Å². The van der Waals surface area contributed by atoms with E-state index in [4.69, 9.17) is 0 Å². The van der Waals surface area contributed by atoms with Crippen molar-refractivity contribution >= 4 is 33.4 Å². The summed E-state index contributed by atoms with van der Waals surface area (Å²) in [7, 11) is -3.88. The second-order valence-corrected chi connectivity index (χ2v) is 8.89. The van der Waals surface area contributed by atoms with Gasteiger partial charge in [0.2, 0.25) is 15.9 Å². The number of rotatable bonds is 8. The quantitative estimate of drug-likeness (QED) is 0.699. The number of nitrogens with one attached hydrogen (secondary N) is 2. The summed E-state index contributed by atoms with van der Waals surface area (Å²) in [5.74, 6) is -0.413. The molecule has 2 aromatic carbocycles. The van der Waals surface area contributed by atoms with Gasteiger partial charge in [-0.25, -0.2) is 12.8 Å². The van der Waals surface area contributed by atoms with E-state index in [1.807, 2.05) is 12.3 Å². The van der Waals surface area contributed by atoms with E-state index in [1.54, 1.807) is 32.0 Å². The highest BCUT2D eigenvalue weighted by Gasteiger charge is 2.26. The smallest absolute Gasteiger partial charge is 0.242 e. The lowest BCUT2D eigenvalue weighted by Crippen LogP contribution is -2.44. The molecule has 0 aromatic heterocycles. The third kappa shape index (κ3) is 6.05. The van der Waals surface area contributed by atoms with Crippen molar-refractivity contribution in [3.63, 3.8) is 0 Å². The second kappa shape index (κ2) is 9.34. The van der Waals surface area contributed by atoms with Gasteiger partial charge in [-0.05, 0) is 67.7 Å². The molecule has 1 atom stereocenters. The van der Waals surface area contributed by atoms with Crippen LogP contribution in [-0.2, 0) is 14.8 Å². The zero-order valence-electron chi connectivity index (χ0n) is 15.5. The zero-order valence-corrected chi connectivity index (χ0v) is 17.1. The molecule has 0 aliphatic heterocycles. The van der Waals surface area contributed by atoms with Gasteiger partial charge >= 0.3 is 0 Å². The van der Waals surface area contributed by atoms with Crippen LogP contribution in [0.4, 0.5) is 10.1 Å². The largest absolute Gasteiger partial charge is 0.325 e. The maximum Gasteiger partial charge on any atom is 0.242 e. The summed E-state index contributed by atoms with van der Waals surface area (Å²) in [6.45, 7) is 3.51. The van der Waals surface area contributed by atoms with Gasteiger partial charge in [0, 0.05) is 5.69 Å². The normalized spacial score (nSPS) is 12.6. The van der Waals surface area contributed by atoms with Crippen LogP contribution in [0.2, 0.25) is 0 Å². The molecule has 2 N–H and O–H groups in total. The Balaban J connectivity index is 2.24. The zero-order chi connectivity index (χ0) is 20.0. The van der Waals surface area contributed by atoms with Crippen LogP contribution in [0.3, 0.4) is 0 Å². The Morgan fingerprint density at radius 1 is 1.19 bits per heavy atom. The first-order valence-electron chi connectivity index (χ1n) is 8.38. The summed E-state index contributed by atoms with van der Waals surface area (Å²) in [5, 5.41) is 2.58. The number of sulfonamides is 1. The van der Waals surface area contributed by atoms with Crippen molar-refractivity contribution in [2.45, 2.75) is 31.2 Å². The minimum Gasteiger partial charge on any atom is -0.325 e. The number of thioether (sulfide) groups is 1. The molecular formula is C19H23FN2O3S2. The molecule has 0 saturated carbocycles. The van der Waals surface area contributed by atoms with Gasteiger partial charge in [-0.3, -0.25) is 4.79 Å². The summed E-state index contributed by atoms with van der Waals surface area (Å²) < 4.78 is 41.5. The Morgan fingerprint density at radius 2 is 1.93 bits per heavy atom. The fourth-order valence-corrected chi connectivity index (χ4v) is 4.55. The molecular weight excluding hydrogens is 387 g/mol. The van der Waals surface area contributed by atoms with E-state index in [0.717, 1.165) is 5.56 Å². The first kappa shape index (κ1) is 21.4. The SMILES string of the molecule is CSCC[C@H](NS(=O)(=O)c1cc(C)ccc1C)C(=O)Nc1cccc(F)c1. The molecule has 1 amide bonds. The minimum absolute atomic E-state index is 0.148. The highest BCUT2D eigenvalue weighted by Crippen LogP contribution is 2.18. The van der Waals surface area contributed by atoms with E-state index >= 15 is 0 Å². The topological polar surface area (TPSA) is 75.3 Å². The summed E-state index contributed by atoms with van der Waals surface area (Å²) in [6, 6.07) is 9.64. The van der Waals surface area contributed by atoms with Crippen molar-refractivity contribution in [3.8, 4) is 0 Å². The van der Waals surface area contributed by atoms with Gasteiger partial charge in [0.15, 0.2) is 0 Å². The van der Waals surface area contributed by atoms with Gasteiger partial charge in [-0.15, -0.1) is 0 Å². The van der Waals surface area contributed by atoms with Crippen LogP contribution < -0.4 is 10.0 Å². The standard InChI is InChI=1S/C19H23FN2O3S2/c1-13-7-8-14(2)18(11-13)27(24,25)22-17(9-10-26-3)19(23)21-16-6-4-5-15(20)12-16/h4-8,11-12,17,22H,9-10H2,1-3H3,(H,21,23)/t17-/m0/s1. The number of benzene rings is 2. The van der Waals surface area contributed by atoms with Gasteiger partial charge in [0.25, 0.3) is 0 Å². The Bertz CT molecular complexity index is 917. The van der Waals surface area contributed by atoms with Crippen LogP contribution in [0.15, 0.2) is 47.4 Å². The van der Waals surface area contributed by atoms with Crippen molar-refractivity contribution in [3.05, 3.63) is 59.4 Å². The third-order valence-electron chi connectivity index (χ3n) is 3.95. The molecule has 2 aromatic rings. The van der Waals surface area contributed by atoms with Crippen molar-refractivity contribution < 1.29 is 17.6 Å². The fraction of sp³-hybridized carbons (Fsp3) is 0.316. The molecule has 0 aliphatic carbocycles. The molecule has 0 spiro atoms. The van der Waals surface area contributed by atoms with Crippen LogP contribution in [0.1, 0.15) is 17.5 Å². The maximum absolute atomic E-state index is 13.3. The van der Waals surface area contributed by atoms with Crippen LogP contribution in [-0.4, -0.2) is 32.4 Å². The summed E-state index contributed by atoms with van der Waals surface area (Å²) in [5.41, 5.74) is 1.69. The molecule has 2 rings (SSSR count).